The van der Waals surface area contributed by atoms with E-state index in [1.165, 1.54) is 12.1 Å². The predicted octanol–water partition coefficient (Wildman–Crippen LogP) is 1.78. The van der Waals surface area contributed by atoms with Crippen LogP contribution in [0.1, 0.15) is 13.3 Å². The van der Waals surface area contributed by atoms with Crippen LogP contribution in [0.5, 0.6) is 0 Å². The summed E-state index contributed by atoms with van der Waals surface area (Å²) in [6, 6.07) is 3.74. The van der Waals surface area contributed by atoms with E-state index < -0.39 is 27.5 Å². The van der Waals surface area contributed by atoms with Gasteiger partial charge in [0.25, 0.3) is 0 Å². The van der Waals surface area contributed by atoms with Crippen molar-refractivity contribution in [2.75, 3.05) is 24.2 Å². The highest BCUT2D eigenvalue weighted by molar-refractivity contribution is 7.90. The van der Waals surface area contributed by atoms with Crippen molar-refractivity contribution < 1.29 is 22.7 Å². The number of nitrogens with zero attached hydrogens (tertiary/aromatic N) is 1. The molecule has 0 amide bonds. The minimum atomic E-state index is -3.46. The molecule has 2 rings (SSSR count). The molecule has 1 fully saturated rings. The molecular formula is C14H18FNO4S. The van der Waals surface area contributed by atoms with Crippen molar-refractivity contribution in [2.45, 2.75) is 18.2 Å². The molecule has 2 unspecified atom stereocenters. The van der Waals surface area contributed by atoms with Gasteiger partial charge < -0.3 is 10.0 Å². The summed E-state index contributed by atoms with van der Waals surface area (Å²) >= 11 is 0. The molecule has 1 aliphatic rings. The van der Waals surface area contributed by atoms with E-state index in [4.69, 9.17) is 5.11 Å². The molecule has 21 heavy (non-hydrogen) atoms. The topological polar surface area (TPSA) is 74.7 Å². The maximum Gasteiger partial charge on any atom is 0.308 e. The van der Waals surface area contributed by atoms with Gasteiger partial charge in [0.15, 0.2) is 9.84 Å². The minimum Gasteiger partial charge on any atom is -0.481 e. The zero-order chi connectivity index (χ0) is 15.8. The van der Waals surface area contributed by atoms with Gasteiger partial charge in [0, 0.05) is 19.3 Å². The summed E-state index contributed by atoms with van der Waals surface area (Å²) in [5, 5.41) is 9.14. The Morgan fingerprint density at radius 1 is 1.38 bits per heavy atom. The van der Waals surface area contributed by atoms with E-state index >= 15 is 0 Å². The second-order valence-electron chi connectivity index (χ2n) is 5.67. The van der Waals surface area contributed by atoms with Crippen molar-refractivity contribution >= 4 is 21.5 Å². The molecule has 116 valence electrons. The smallest absolute Gasteiger partial charge is 0.308 e. The second kappa shape index (κ2) is 5.63. The lowest BCUT2D eigenvalue weighted by Gasteiger charge is -2.36. The number of sulfone groups is 1. The quantitative estimate of drug-likeness (QED) is 0.920. The first-order valence-electron chi connectivity index (χ1n) is 6.66. The van der Waals surface area contributed by atoms with Crippen LogP contribution in [-0.2, 0) is 14.6 Å². The number of anilines is 1. The van der Waals surface area contributed by atoms with Crippen molar-refractivity contribution in [3.63, 3.8) is 0 Å². The molecule has 5 nitrogen and oxygen atoms in total. The molecule has 0 radical (unpaired) electrons. The Balaban J connectivity index is 2.31. The number of hydrogen-bond donors (Lipinski definition) is 1. The Labute approximate surface area is 123 Å². The van der Waals surface area contributed by atoms with Crippen LogP contribution >= 0.6 is 0 Å². The molecule has 2 atom stereocenters. The van der Waals surface area contributed by atoms with Crippen molar-refractivity contribution in [3.05, 3.63) is 24.0 Å². The molecular weight excluding hydrogens is 297 g/mol. The molecule has 1 saturated heterocycles. The molecule has 0 spiro atoms. The number of carbonyl (C=O) groups is 1. The van der Waals surface area contributed by atoms with E-state index in [2.05, 4.69) is 0 Å². The van der Waals surface area contributed by atoms with Crippen LogP contribution in [-0.4, -0.2) is 38.8 Å². The van der Waals surface area contributed by atoms with Crippen LogP contribution in [0.15, 0.2) is 23.1 Å². The second-order valence-corrected chi connectivity index (χ2v) is 7.68. The summed E-state index contributed by atoms with van der Waals surface area (Å²) in [6.45, 7) is 2.71. The highest BCUT2D eigenvalue weighted by Gasteiger charge is 2.30. The molecule has 0 bridgehead atoms. The number of rotatable bonds is 3. The van der Waals surface area contributed by atoms with Gasteiger partial charge >= 0.3 is 5.97 Å². The van der Waals surface area contributed by atoms with Crippen LogP contribution in [0, 0.1) is 17.7 Å². The van der Waals surface area contributed by atoms with E-state index in [1.807, 2.05) is 6.92 Å². The summed E-state index contributed by atoms with van der Waals surface area (Å²) in [5.74, 6) is -1.94. The van der Waals surface area contributed by atoms with E-state index in [0.29, 0.717) is 13.0 Å². The highest BCUT2D eigenvalue weighted by Crippen LogP contribution is 2.29. The molecule has 0 saturated carbocycles. The molecule has 0 aromatic heterocycles. The Morgan fingerprint density at radius 2 is 2.05 bits per heavy atom. The fourth-order valence-corrected chi connectivity index (χ4v) is 3.33. The van der Waals surface area contributed by atoms with Gasteiger partial charge in [-0.3, -0.25) is 4.79 Å². The molecule has 1 aromatic carbocycles. The lowest BCUT2D eigenvalue weighted by atomic mass is 9.90. The summed E-state index contributed by atoms with van der Waals surface area (Å²) in [5.41, 5.74) is 0.250. The lowest BCUT2D eigenvalue weighted by Crippen LogP contribution is -2.42. The van der Waals surface area contributed by atoms with Crippen LogP contribution < -0.4 is 4.90 Å². The summed E-state index contributed by atoms with van der Waals surface area (Å²) in [7, 11) is -3.46. The highest BCUT2D eigenvalue weighted by atomic mass is 32.2. The van der Waals surface area contributed by atoms with Crippen molar-refractivity contribution in [3.8, 4) is 0 Å². The van der Waals surface area contributed by atoms with Crippen LogP contribution in [0.3, 0.4) is 0 Å². The fraction of sp³-hybridized carbons (Fsp3) is 0.500. The van der Waals surface area contributed by atoms with Gasteiger partial charge in [-0.25, -0.2) is 12.8 Å². The number of halogens is 1. The van der Waals surface area contributed by atoms with Gasteiger partial charge in [-0.2, -0.15) is 0 Å². The first-order valence-corrected chi connectivity index (χ1v) is 8.55. The maximum absolute atomic E-state index is 14.2. The van der Waals surface area contributed by atoms with E-state index in [9.17, 15) is 17.6 Å². The molecule has 1 aromatic rings. The molecule has 1 aliphatic heterocycles. The van der Waals surface area contributed by atoms with Crippen molar-refractivity contribution in [1.82, 2.24) is 0 Å². The predicted molar refractivity (Wildman–Crippen MR) is 76.6 cm³/mol. The van der Waals surface area contributed by atoms with Crippen LogP contribution in [0.25, 0.3) is 0 Å². The first-order chi connectivity index (χ1) is 9.68. The monoisotopic (exact) mass is 315 g/mol. The molecule has 0 aliphatic carbocycles. The normalized spacial score (nSPS) is 23.1. The van der Waals surface area contributed by atoms with Gasteiger partial charge in [-0.1, -0.05) is 6.92 Å². The Hall–Kier alpha value is -1.63. The minimum absolute atomic E-state index is 0.0800. The van der Waals surface area contributed by atoms with Gasteiger partial charge in [-0.05, 0) is 30.5 Å². The lowest BCUT2D eigenvalue weighted by molar-refractivity contribution is -0.142. The third-order valence-corrected chi connectivity index (χ3v) is 4.81. The number of hydrogen-bond acceptors (Lipinski definition) is 4. The average Bonchev–Trinajstić information content (AvgIpc) is 2.36. The molecule has 7 heteroatoms. The third kappa shape index (κ3) is 3.53. The van der Waals surface area contributed by atoms with Gasteiger partial charge in [0.05, 0.1) is 16.5 Å². The average molecular weight is 315 g/mol. The number of carboxylic acid groups (broad SMARTS) is 1. The molecule has 1 N–H and O–H groups in total. The van der Waals surface area contributed by atoms with Gasteiger partial charge in [-0.15, -0.1) is 0 Å². The van der Waals surface area contributed by atoms with E-state index in [0.717, 1.165) is 12.3 Å². The Morgan fingerprint density at radius 3 is 2.57 bits per heavy atom. The summed E-state index contributed by atoms with van der Waals surface area (Å²) < 4.78 is 37.0. The SMILES string of the molecule is CC1CC(C(=O)O)CN(c2ccc(S(C)(=O)=O)cc2F)C1. The van der Waals surface area contributed by atoms with Crippen LogP contribution in [0.4, 0.5) is 10.1 Å². The van der Waals surface area contributed by atoms with E-state index in [-0.39, 0.29) is 23.0 Å². The van der Waals surface area contributed by atoms with Crippen LogP contribution in [0.2, 0.25) is 0 Å². The zero-order valence-corrected chi connectivity index (χ0v) is 12.7. The third-order valence-electron chi connectivity index (χ3n) is 3.70. The van der Waals surface area contributed by atoms with Crippen molar-refractivity contribution in [1.29, 1.82) is 0 Å². The largest absolute Gasteiger partial charge is 0.481 e. The fourth-order valence-electron chi connectivity index (χ4n) is 2.70. The zero-order valence-electron chi connectivity index (χ0n) is 11.9. The molecule has 1 heterocycles. The van der Waals surface area contributed by atoms with E-state index in [1.54, 1.807) is 4.90 Å². The van der Waals surface area contributed by atoms with Gasteiger partial charge in [0.1, 0.15) is 5.82 Å². The Kier molecular flexibility index (Phi) is 4.22. The summed E-state index contributed by atoms with van der Waals surface area (Å²) in [4.78, 5) is 12.7. The first kappa shape index (κ1) is 15.8. The van der Waals surface area contributed by atoms with Crippen molar-refractivity contribution in [2.24, 2.45) is 11.8 Å². The van der Waals surface area contributed by atoms with Gasteiger partial charge in [0.2, 0.25) is 0 Å². The standard InChI is InChI=1S/C14H18FNO4S/c1-9-5-10(14(17)18)8-16(7-9)13-4-3-11(6-12(13)15)21(2,19)20/h3-4,6,9-10H,5,7-8H2,1-2H3,(H,17,18). The number of benzene rings is 1. The Bertz CT molecular complexity index is 659. The number of piperidine rings is 1. The number of carboxylic acids is 1. The summed E-state index contributed by atoms with van der Waals surface area (Å²) in [6.07, 6.45) is 1.58. The maximum atomic E-state index is 14.2. The number of aliphatic carboxylic acids is 1.